The molecule has 6 nitrogen and oxygen atoms in total. The van der Waals surface area contributed by atoms with Crippen molar-refractivity contribution in [2.24, 2.45) is 0 Å². The third-order valence-corrected chi connectivity index (χ3v) is 4.03. The maximum Gasteiger partial charge on any atom is 0.316 e. The van der Waals surface area contributed by atoms with Crippen molar-refractivity contribution in [1.82, 2.24) is 14.9 Å². The Bertz CT molecular complexity index is 765. The van der Waals surface area contributed by atoms with E-state index < -0.39 is 0 Å². The van der Waals surface area contributed by atoms with Crippen LogP contribution in [0.2, 0.25) is 5.02 Å². The van der Waals surface area contributed by atoms with Gasteiger partial charge in [0, 0.05) is 31.5 Å². The van der Waals surface area contributed by atoms with Crippen molar-refractivity contribution in [3.05, 3.63) is 52.8 Å². The lowest BCUT2D eigenvalue weighted by molar-refractivity contribution is 0.0578. The minimum Gasteiger partial charge on any atom is -0.460 e. The molecule has 24 heavy (non-hydrogen) atoms. The number of nitriles is 1. The molecule has 0 unspecified atom stereocenters. The standard InChI is InChI=1S/C17H15ClN4O2/c18-14-10-20-17(21-11-14)24-15-4-6-22(7-5-15)16(23)13-3-1-2-12(8-13)9-19/h1-3,8,10-11,15H,4-7H2. The first-order chi connectivity index (χ1) is 11.7. The third kappa shape index (κ3) is 3.81. The van der Waals surface area contributed by atoms with Crippen molar-refractivity contribution in [3.8, 4) is 12.1 Å². The molecule has 1 aromatic carbocycles. The number of nitrogens with zero attached hydrogens (tertiary/aromatic N) is 4. The second-order valence-corrected chi connectivity index (χ2v) is 5.92. The second-order valence-electron chi connectivity index (χ2n) is 5.49. The van der Waals surface area contributed by atoms with Crippen LogP contribution in [0.1, 0.15) is 28.8 Å². The number of benzene rings is 1. The van der Waals surface area contributed by atoms with Crippen molar-refractivity contribution >= 4 is 17.5 Å². The van der Waals surface area contributed by atoms with E-state index in [4.69, 9.17) is 21.6 Å². The van der Waals surface area contributed by atoms with E-state index >= 15 is 0 Å². The monoisotopic (exact) mass is 342 g/mol. The van der Waals surface area contributed by atoms with Gasteiger partial charge in [0.25, 0.3) is 5.91 Å². The molecule has 2 heterocycles. The van der Waals surface area contributed by atoms with Gasteiger partial charge in [0.1, 0.15) is 6.10 Å². The molecule has 1 aliphatic heterocycles. The fourth-order valence-corrected chi connectivity index (χ4v) is 2.69. The highest BCUT2D eigenvalue weighted by Gasteiger charge is 2.25. The lowest BCUT2D eigenvalue weighted by atomic mass is 10.1. The van der Waals surface area contributed by atoms with Gasteiger partial charge in [0.15, 0.2) is 0 Å². The van der Waals surface area contributed by atoms with E-state index in [1.165, 1.54) is 12.4 Å². The molecule has 0 radical (unpaired) electrons. The van der Waals surface area contributed by atoms with Crippen molar-refractivity contribution in [2.45, 2.75) is 18.9 Å². The number of aromatic nitrogens is 2. The SMILES string of the molecule is N#Cc1cccc(C(=O)N2CCC(Oc3ncc(Cl)cn3)CC2)c1. The number of carbonyl (C=O) groups is 1. The predicted octanol–water partition coefficient (Wildman–Crippen LogP) is 2.69. The van der Waals surface area contributed by atoms with Crippen molar-refractivity contribution in [2.75, 3.05) is 13.1 Å². The Morgan fingerprint density at radius 2 is 2.00 bits per heavy atom. The molecule has 0 atom stereocenters. The van der Waals surface area contributed by atoms with Crippen LogP contribution in [0, 0.1) is 11.3 Å². The first kappa shape index (κ1) is 16.2. The summed E-state index contributed by atoms with van der Waals surface area (Å²) in [6.07, 6.45) is 4.36. The van der Waals surface area contributed by atoms with E-state index in [0.717, 1.165) is 0 Å². The Morgan fingerprint density at radius 1 is 1.29 bits per heavy atom. The molecule has 0 aliphatic carbocycles. The zero-order chi connectivity index (χ0) is 16.9. The van der Waals surface area contributed by atoms with Gasteiger partial charge in [-0.15, -0.1) is 0 Å². The van der Waals surface area contributed by atoms with Crippen LogP contribution in [0.3, 0.4) is 0 Å². The molecule has 7 heteroatoms. The Hall–Kier alpha value is -2.65. The molecule has 1 fully saturated rings. The topological polar surface area (TPSA) is 79.1 Å². The molecule has 0 N–H and O–H groups in total. The average molecular weight is 343 g/mol. The molecule has 122 valence electrons. The van der Waals surface area contributed by atoms with Crippen LogP contribution in [0.5, 0.6) is 6.01 Å². The van der Waals surface area contributed by atoms with E-state index in [0.29, 0.717) is 48.1 Å². The zero-order valence-corrected chi connectivity index (χ0v) is 13.6. The Morgan fingerprint density at radius 3 is 2.67 bits per heavy atom. The highest BCUT2D eigenvalue weighted by atomic mass is 35.5. The number of rotatable bonds is 3. The molecular weight excluding hydrogens is 328 g/mol. The van der Waals surface area contributed by atoms with Crippen molar-refractivity contribution in [3.63, 3.8) is 0 Å². The quantitative estimate of drug-likeness (QED) is 0.856. The van der Waals surface area contributed by atoms with Gasteiger partial charge >= 0.3 is 6.01 Å². The van der Waals surface area contributed by atoms with E-state index in [2.05, 4.69) is 9.97 Å². The first-order valence-corrected chi connectivity index (χ1v) is 7.97. The van der Waals surface area contributed by atoms with Gasteiger partial charge in [0.05, 0.1) is 29.0 Å². The van der Waals surface area contributed by atoms with Crippen molar-refractivity contribution < 1.29 is 9.53 Å². The fourth-order valence-electron chi connectivity index (χ4n) is 2.59. The summed E-state index contributed by atoms with van der Waals surface area (Å²) in [4.78, 5) is 22.3. The molecule has 0 spiro atoms. The zero-order valence-electron chi connectivity index (χ0n) is 12.9. The number of amides is 1. The highest BCUT2D eigenvalue weighted by Crippen LogP contribution is 2.18. The Kier molecular flexibility index (Phi) is 4.92. The van der Waals surface area contributed by atoms with Crippen LogP contribution >= 0.6 is 11.6 Å². The second kappa shape index (κ2) is 7.28. The molecule has 1 aromatic heterocycles. The van der Waals surface area contributed by atoms with E-state index in [9.17, 15) is 4.79 Å². The number of hydrogen-bond donors (Lipinski definition) is 0. The predicted molar refractivity (Wildman–Crippen MR) is 87.8 cm³/mol. The molecule has 1 aliphatic rings. The van der Waals surface area contributed by atoms with Gasteiger partial charge in [-0.3, -0.25) is 4.79 Å². The summed E-state index contributed by atoms with van der Waals surface area (Å²) in [5.41, 5.74) is 1.02. The number of hydrogen-bond acceptors (Lipinski definition) is 5. The average Bonchev–Trinajstić information content (AvgIpc) is 2.64. The van der Waals surface area contributed by atoms with E-state index in [-0.39, 0.29) is 12.0 Å². The Labute approximate surface area is 144 Å². The van der Waals surface area contributed by atoms with Crippen LogP contribution in [-0.2, 0) is 0 Å². The fraction of sp³-hybridized carbons (Fsp3) is 0.294. The van der Waals surface area contributed by atoms with Gasteiger partial charge in [-0.1, -0.05) is 17.7 Å². The summed E-state index contributed by atoms with van der Waals surface area (Å²) >= 11 is 5.74. The van der Waals surface area contributed by atoms with E-state index in [1.807, 2.05) is 6.07 Å². The number of piperidine rings is 1. The van der Waals surface area contributed by atoms with Gasteiger partial charge in [0.2, 0.25) is 0 Å². The first-order valence-electron chi connectivity index (χ1n) is 7.59. The summed E-state index contributed by atoms with van der Waals surface area (Å²) in [5.74, 6) is -0.0618. The summed E-state index contributed by atoms with van der Waals surface area (Å²) in [7, 11) is 0. The number of carbonyl (C=O) groups excluding carboxylic acids is 1. The smallest absolute Gasteiger partial charge is 0.316 e. The number of ether oxygens (including phenoxy) is 1. The van der Waals surface area contributed by atoms with Gasteiger partial charge < -0.3 is 9.64 Å². The molecule has 0 bridgehead atoms. The van der Waals surface area contributed by atoms with E-state index in [1.54, 1.807) is 29.2 Å². The Balaban J connectivity index is 1.57. The van der Waals surface area contributed by atoms with Crippen LogP contribution in [0.25, 0.3) is 0 Å². The molecule has 0 saturated carbocycles. The molecule has 1 saturated heterocycles. The molecule has 3 rings (SSSR count). The maximum absolute atomic E-state index is 12.5. The minimum atomic E-state index is -0.0618. The minimum absolute atomic E-state index is 0.0272. The van der Waals surface area contributed by atoms with Gasteiger partial charge in [-0.25, -0.2) is 9.97 Å². The van der Waals surface area contributed by atoms with Crippen LogP contribution in [0.15, 0.2) is 36.7 Å². The molecular formula is C17H15ClN4O2. The van der Waals surface area contributed by atoms with Gasteiger partial charge in [-0.2, -0.15) is 5.26 Å². The summed E-state index contributed by atoms with van der Waals surface area (Å²) in [6.45, 7) is 1.18. The molecule has 1 amide bonds. The lowest BCUT2D eigenvalue weighted by Crippen LogP contribution is -2.41. The maximum atomic E-state index is 12.5. The molecule has 2 aromatic rings. The number of halogens is 1. The largest absolute Gasteiger partial charge is 0.460 e. The normalized spacial score (nSPS) is 14.9. The summed E-state index contributed by atoms with van der Waals surface area (Å²) in [6, 6.07) is 9.10. The van der Waals surface area contributed by atoms with Gasteiger partial charge in [-0.05, 0) is 18.2 Å². The van der Waals surface area contributed by atoms with Crippen molar-refractivity contribution in [1.29, 1.82) is 5.26 Å². The highest BCUT2D eigenvalue weighted by molar-refractivity contribution is 6.30. The summed E-state index contributed by atoms with van der Waals surface area (Å²) in [5, 5.41) is 9.40. The summed E-state index contributed by atoms with van der Waals surface area (Å²) < 4.78 is 5.72. The third-order valence-electron chi connectivity index (χ3n) is 3.84. The van der Waals surface area contributed by atoms with Crippen LogP contribution in [0.4, 0.5) is 0 Å². The number of likely N-dealkylation sites (tertiary alicyclic amines) is 1. The van der Waals surface area contributed by atoms with Crippen LogP contribution in [-0.4, -0.2) is 40.0 Å². The lowest BCUT2D eigenvalue weighted by Gasteiger charge is -2.31. The van der Waals surface area contributed by atoms with Crippen LogP contribution < -0.4 is 4.74 Å².